The van der Waals surface area contributed by atoms with E-state index in [0.29, 0.717) is 6.04 Å². The Morgan fingerprint density at radius 2 is 1.95 bits per heavy atom. The fraction of sp³-hybridized carbons (Fsp3) is 0.824. The van der Waals surface area contributed by atoms with Crippen LogP contribution in [0.1, 0.15) is 63.6 Å². The van der Waals surface area contributed by atoms with Gasteiger partial charge >= 0.3 is 0 Å². The Labute approximate surface area is 128 Å². The molecule has 0 aromatic carbocycles. The number of hydrogen-bond acceptors (Lipinski definition) is 3. The second kappa shape index (κ2) is 7.41. The molecule has 0 amide bonds. The predicted molar refractivity (Wildman–Crippen MR) is 86.3 cm³/mol. The smallest absolute Gasteiger partial charge is 0.0764 e. The highest BCUT2D eigenvalue weighted by molar-refractivity contribution is 5.01. The molecular formula is C17H30N4. The van der Waals surface area contributed by atoms with Crippen molar-refractivity contribution in [2.24, 2.45) is 0 Å². The molecule has 2 heterocycles. The molecule has 0 atom stereocenters. The lowest BCUT2D eigenvalue weighted by Gasteiger charge is -2.33. The van der Waals surface area contributed by atoms with Gasteiger partial charge in [-0.3, -0.25) is 9.58 Å². The molecule has 1 aromatic heterocycles. The van der Waals surface area contributed by atoms with Crippen LogP contribution in [0.25, 0.3) is 0 Å². The first-order valence-electron chi connectivity index (χ1n) is 8.85. The third kappa shape index (κ3) is 3.86. The van der Waals surface area contributed by atoms with E-state index in [2.05, 4.69) is 34.1 Å². The van der Waals surface area contributed by atoms with E-state index in [1.165, 1.54) is 50.6 Å². The van der Waals surface area contributed by atoms with Crippen LogP contribution in [0.5, 0.6) is 0 Å². The zero-order valence-electron chi connectivity index (χ0n) is 13.4. The fourth-order valence-corrected chi connectivity index (χ4v) is 3.89. The molecule has 3 rings (SSSR count). The summed E-state index contributed by atoms with van der Waals surface area (Å²) in [7, 11) is 0. The van der Waals surface area contributed by atoms with Crippen molar-refractivity contribution in [3.63, 3.8) is 0 Å². The van der Waals surface area contributed by atoms with Crippen molar-refractivity contribution in [3.8, 4) is 0 Å². The predicted octanol–water partition coefficient (Wildman–Crippen LogP) is 2.96. The van der Waals surface area contributed by atoms with Gasteiger partial charge in [-0.15, -0.1) is 0 Å². The van der Waals surface area contributed by atoms with Gasteiger partial charge in [0.15, 0.2) is 0 Å². The highest BCUT2D eigenvalue weighted by atomic mass is 15.3. The maximum absolute atomic E-state index is 4.88. The van der Waals surface area contributed by atoms with Crippen LogP contribution in [0, 0.1) is 0 Å². The lowest BCUT2D eigenvalue weighted by atomic mass is 9.96. The summed E-state index contributed by atoms with van der Waals surface area (Å²) in [5.41, 5.74) is 1.25. The maximum atomic E-state index is 4.88. The molecule has 4 heteroatoms. The monoisotopic (exact) mass is 290 g/mol. The summed E-state index contributed by atoms with van der Waals surface area (Å²) < 4.78 is 2.24. The zero-order valence-corrected chi connectivity index (χ0v) is 13.4. The minimum absolute atomic E-state index is 0.654. The first-order chi connectivity index (χ1) is 10.4. The Balaban J connectivity index is 1.59. The second-order valence-corrected chi connectivity index (χ2v) is 6.62. The number of aromatic nitrogens is 2. The van der Waals surface area contributed by atoms with Crippen LogP contribution in [-0.4, -0.2) is 40.4 Å². The van der Waals surface area contributed by atoms with E-state index in [4.69, 9.17) is 5.10 Å². The molecule has 2 fully saturated rings. The molecular weight excluding hydrogens is 260 g/mol. The zero-order chi connectivity index (χ0) is 14.5. The molecule has 1 aliphatic heterocycles. The molecule has 4 nitrogen and oxygen atoms in total. The van der Waals surface area contributed by atoms with Gasteiger partial charge in [-0.1, -0.05) is 26.2 Å². The van der Waals surface area contributed by atoms with E-state index in [1.54, 1.807) is 0 Å². The van der Waals surface area contributed by atoms with Crippen molar-refractivity contribution >= 4 is 0 Å². The molecule has 0 radical (unpaired) electrons. The highest BCUT2D eigenvalue weighted by Crippen LogP contribution is 2.27. The van der Waals surface area contributed by atoms with Gasteiger partial charge in [0, 0.05) is 18.8 Å². The SMILES string of the molecule is CCN(Cc1ccn(C2CCCCC2)n1)C1CCNCC1. The quantitative estimate of drug-likeness (QED) is 0.905. The lowest BCUT2D eigenvalue weighted by Crippen LogP contribution is -2.42. The lowest BCUT2D eigenvalue weighted by molar-refractivity contribution is 0.159. The summed E-state index contributed by atoms with van der Waals surface area (Å²) in [5, 5.41) is 8.33. The van der Waals surface area contributed by atoms with Crippen LogP contribution < -0.4 is 5.32 Å². The highest BCUT2D eigenvalue weighted by Gasteiger charge is 2.21. The summed E-state index contributed by atoms with van der Waals surface area (Å²) in [6.45, 7) is 6.75. The van der Waals surface area contributed by atoms with Gasteiger partial charge < -0.3 is 5.32 Å². The van der Waals surface area contributed by atoms with Crippen molar-refractivity contribution in [2.75, 3.05) is 19.6 Å². The molecule has 0 unspecified atom stereocenters. The van der Waals surface area contributed by atoms with Gasteiger partial charge in [-0.2, -0.15) is 5.10 Å². The van der Waals surface area contributed by atoms with E-state index in [0.717, 1.165) is 32.2 Å². The third-order valence-corrected chi connectivity index (χ3v) is 5.21. The normalized spacial score (nSPS) is 22.0. The topological polar surface area (TPSA) is 33.1 Å². The first-order valence-corrected chi connectivity index (χ1v) is 8.85. The van der Waals surface area contributed by atoms with Crippen molar-refractivity contribution in [1.82, 2.24) is 20.0 Å². The maximum Gasteiger partial charge on any atom is 0.0764 e. The van der Waals surface area contributed by atoms with Crippen LogP contribution in [0.4, 0.5) is 0 Å². The van der Waals surface area contributed by atoms with Gasteiger partial charge in [0.05, 0.1) is 11.7 Å². The second-order valence-electron chi connectivity index (χ2n) is 6.62. The number of piperidine rings is 1. The molecule has 1 N–H and O–H groups in total. The van der Waals surface area contributed by atoms with Crippen LogP contribution in [0.2, 0.25) is 0 Å². The molecule has 0 bridgehead atoms. The van der Waals surface area contributed by atoms with Crippen molar-refractivity contribution in [2.45, 2.75) is 70.5 Å². The molecule has 118 valence electrons. The number of nitrogens with zero attached hydrogens (tertiary/aromatic N) is 3. The average Bonchev–Trinajstić information content (AvgIpc) is 3.03. The van der Waals surface area contributed by atoms with Gasteiger partial charge in [0.25, 0.3) is 0 Å². The Hall–Kier alpha value is -0.870. The van der Waals surface area contributed by atoms with E-state index in [-0.39, 0.29) is 0 Å². The Bertz CT molecular complexity index is 416. The van der Waals surface area contributed by atoms with Gasteiger partial charge in [0.2, 0.25) is 0 Å². The summed E-state index contributed by atoms with van der Waals surface area (Å²) in [6.07, 6.45) is 11.5. The van der Waals surface area contributed by atoms with Crippen LogP contribution in [0.15, 0.2) is 12.3 Å². The van der Waals surface area contributed by atoms with Gasteiger partial charge in [-0.05, 0) is 51.4 Å². The summed E-state index contributed by atoms with van der Waals surface area (Å²) in [5.74, 6) is 0. The minimum atomic E-state index is 0.654. The van der Waals surface area contributed by atoms with Crippen LogP contribution in [-0.2, 0) is 6.54 Å². The van der Waals surface area contributed by atoms with Crippen molar-refractivity contribution in [1.29, 1.82) is 0 Å². The van der Waals surface area contributed by atoms with Crippen LogP contribution >= 0.6 is 0 Å². The molecule has 1 saturated heterocycles. The standard InChI is InChI=1S/C17H30N4/c1-2-20(16-8-11-18-12-9-16)14-15-10-13-21(19-15)17-6-4-3-5-7-17/h10,13,16-18H,2-9,11-12,14H2,1H3. The fourth-order valence-electron chi connectivity index (χ4n) is 3.89. The molecule has 1 aromatic rings. The first kappa shape index (κ1) is 15.0. The third-order valence-electron chi connectivity index (χ3n) is 5.21. The number of rotatable bonds is 5. The molecule has 1 aliphatic carbocycles. The number of nitrogens with one attached hydrogen (secondary N) is 1. The van der Waals surface area contributed by atoms with Crippen molar-refractivity contribution < 1.29 is 0 Å². The Morgan fingerprint density at radius 1 is 1.19 bits per heavy atom. The van der Waals surface area contributed by atoms with E-state index < -0.39 is 0 Å². The molecule has 2 aliphatic rings. The van der Waals surface area contributed by atoms with E-state index in [9.17, 15) is 0 Å². The van der Waals surface area contributed by atoms with Gasteiger partial charge in [0.1, 0.15) is 0 Å². The largest absolute Gasteiger partial charge is 0.317 e. The summed E-state index contributed by atoms with van der Waals surface area (Å²) >= 11 is 0. The summed E-state index contributed by atoms with van der Waals surface area (Å²) in [6, 6.07) is 3.62. The molecule has 1 saturated carbocycles. The minimum Gasteiger partial charge on any atom is -0.317 e. The van der Waals surface area contributed by atoms with E-state index >= 15 is 0 Å². The van der Waals surface area contributed by atoms with Crippen LogP contribution in [0.3, 0.4) is 0 Å². The van der Waals surface area contributed by atoms with E-state index in [1.807, 2.05) is 0 Å². The molecule has 0 spiro atoms. The summed E-state index contributed by atoms with van der Waals surface area (Å²) in [4.78, 5) is 2.61. The average molecular weight is 290 g/mol. The van der Waals surface area contributed by atoms with Crippen molar-refractivity contribution in [3.05, 3.63) is 18.0 Å². The van der Waals surface area contributed by atoms with Gasteiger partial charge in [-0.25, -0.2) is 0 Å². The Morgan fingerprint density at radius 3 is 2.67 bits per heavy atom. The Kier molecular flexibility index (Phi) is 5.31. The molecule has 21 heavy (non-hydrogen) atoms. The number of hydrogen-bond donors (Lipinski definition) is 1.